The highest BCUT2D eigenvalue weighted by Gasteiger charge is 2.54. The van der Waals surface area contributed by atoms with E-state index in [1.807, 2.05) is 48.5 Å². The van der Waals surface area contributed by atoms with Gasteiger partial charge in [-0.1, -0.05) is 64.5 Å². The van der Waals surface area contributed by atoms with Crippen molar-refractivity contribution in [2.24, 2.45) is 17.1 Å². The Kier molecular flexibility index (Phi) is 5.66. The van der Waals surface area contributed by atoms with Crippen LogP contribution in [0.15, 0.2) is 82.0 Å². The summed E-state index contributed by atoms with van der Waals surface area (Å²) in [7, 11) is 0. The standard InChI is InChI=1S/C25H20BrN5/c26-19-8-4-7-18(11-19)23-22-14-31(13-17-5-2-1-3-6-17)10-9-20(22)21(12-27)24(30)25(23,15-28)16-29/h1-9,11,22-23H,10,13-14,30H2. The van der Waals surface area contributed by atoms with Gasteiger partial charge in [0.25, 0.3) is 0 Å². The summed E-state index contributed by atoms with van der Waals surface area (Å²) in [5.41, 5.74) is 7.99. The highest BCUT2D eigenvalue weighted by molar-refractivity contribution is 9.10. The number of benzene rings is 2. The topological polar surface area (TPSA) is 101 Å². The maximum atomic E-state index is 10.2. The molecule has 0 bridgehead atoms. The molecule has 5 nitrogen and oxygen atoms in total. The first-order valence-corrected chi connectivity index (χ1v) is 10.8. The molecule has 0 amide bonds. The van der Waals surface area contributed by atoms with Gasteiger partial charge < -0.3 is 5.73 Å². The Bertz CT molecular complexity index is 1180. The van der Waals surface area contributed by atoms with Crippen molar-refractivity contribution in [3.63, 3.8) is 0 Å². The minimum atomic E-state index is -1.61. The Morgan fingerprint density at radius 2 is 1.81 bits per heavy atom. The van der Waals surface area contributed by atoms with E-state index in [0.717, 1.165) is 22.2 Å². The lowest BCUT2D eigenvalue weighted by atomic mass is 9.58. The van der Waals surface area contributed by atoms with Crippen molar-refractivity contribution in [3.8, 4) is 18.2 Å². The second-order valence-corrected chi connectivity index (χ2v) is 8.83. The Labute approximate surface area is 190 Å². The molecule has 0 saturated carbocycles. The van der Waals surface area contributed by atoms with Crippen LogP contribution >= 0.6 is 15.9 Å². The Hall–Kier alpha value is -3.37. The number of rotatable bonds is 3. The van der Waals surface area contributed by atoms with Gasteiger partial charge in [-0.2, -0.15) is 15.8 Å². The fourth-order valence-corrected chi connectivity index (χ4v) is 5.20. The molecular formula is C25H20BrN5. The highest BCUT2D eigenvalue weighted by Crippen LogP contribution is 2.54. The Balaban J connectivity index is 1.85. The zero-order valence-electron chi connectivity index (χ0n) is 16.8. The average molecular weight is 470 g/mol. The van der Waals surface area contributed by atoms with E-state index >= 15 is 0 Å². The van der Waals surface area contributed by atoms with Crippen LogP contribution in [0, 0.1) is 45.3 Å². The van der Waals surface area contributed by atoms with E-state index < -0.39 is 11.3 Å². The molecule has 2 N–H and O–H groups in total. The summed E-state index contributed by atoms with van der Waals surface area (Å²) in [5, 5.41) is 30.2. The Morgan fingerprint density at radius 3 is 2.45 bits per heavy atom. The third-order valence-corrected chi connectivity index (χ3v) is 6.69. The molecule has 152 valence electrons. The van der Waals surface area contributed by atoms with Crippen LogP contribution in [0.3, 0.4) is 0 Å². The lowest BCUT2D eigenvalue weighted by Gasteiger charge is -2.45. The molecule has 0 saturated heterocycles. The average Bonchev–Trinajstić information content (AvgIpc) is 2.79. The van der Waals surface area contributed by atoms with Gasteiger partial charge in [0.05, 0.1) is 23.4 Å². The molecular weight excluding hydrogens is 450 g/mol. The normalized spacial score (nSPS) is 22.5. The second-order valence-electron chi connectivity index (χ2n) is 7.91. The molecule has 31 heavy (non-hydrogen) atoms. The van der Waals surface area contributed by atoms with Crippen LogP contribution in [-0.2, 0) is 6.54 Å². The number of nitrogens with two attached hydrogens (primary N) is 1. The second kappa shape index (κ2) is 8.40. The molecule has 1 heterocycles. The van der Waals surface area contributed by atoms with E-state index in [4.69, 9.17) is 5.73 Å². The van der Waals surface area contributed by atoms with Crippen molar-refractivity contribution in [1.29, 1.82) is 15.8 Å². The molecule has 0 fully saturated rings. The van der Waals surface area contributed by atoms with Crippen molar-refractivity contribution in [3.05, 3.63) is 93.1 Å². The third kappa shape index (κ3) is 3.53. The van der Waals surface area contributed by atoms with Crippen LogP contribution in [0.4, 0.5) is 0 Å². The molecule has 2 aliphatic rings. The number of nitriles is 3. The van der Waals surface area contributed by atoms with Gasteiger partial charge in [-0.05, 0) is 28.8 Å². The van der Waals surface area contributed by atoms with Crippen LogP contribution in [-0.4, -0.2) is 18.0 Å². The smallest absolute Gasteiger partial charge is 0.191 e. The summed E-state index contributed by atoms with van der Waals surface area (Å²) in [6.07, 6.45) is 2.03. The predicted molar refractivity (Wildman–Crippen MR) is 121 cm³/mol. The summed E-state index contributed by atoms with van der Waals surface area (Å²) in [4.78, 5) is 2.28. The fourth-order valence-electron chi connectivity index (χ4n) is 4.79. The van der Waals surface area contributed by atoms with Crippen LogP contribution in [0.5, 0.6) is 0 Å². The zero-order chi connectivity index (χ0) is 22.0. The monoisotopic (exact) mass is 469 g/mol. The van der Waals surface area contributed by atoms with Gasteiger partial charge in [0.1, 0.15) is 6.07 Å². The van der Waals surface area contributed by atoms with E-state index in [1.54, 1.807) is 0 Å². The van der Waals surface area contributed by atoms with Gasteiger partial charge in [-0.15, -0.1) is 0 Å². The van der Waals surface area contributed by atoms with Crippen LogP contribution in [0.25, 0.3) is 0 Å². The zero-order valence-corrected chi connectivity index (χ0v) is 18.4. The number of hydrogen-bond donors (Lipinski definition) is 1. The van der Waals surface area contributed by atoms with Gasteiger partial charge in [-0.3, -0.25) is 4.90 Å². The van der Waals surface area contributed by atoms with E-state index in [2.05, 4.69) is 51.2 Å². The maximum Gasteiger partial charge on any atom is 0.191 e. The maximum absolute atomic E-state index is 10.2. The van der Waals surface area contributed by atoms with Gasteiger partial charge in [0.15, 0.2) is 5.41 Å². The molecule has 6 heteroatoms. The summed E-state index contributed by atoms with van der Waals surface area (Å²) in [6, 6.07) is 24.4. The molecule has 2 aromatic rings. The van der Waals surface area contributed by atoms with E-state index in [-0.39, 0.29) is 17.2 Å². The first kappa shape index (κ1) is 20.9. The van der Waals surface area contributed by atoms with Crippen molar-refractivity contribution >= 4 is 15.9 Å². The summed E-state index contributed by atoms with van der Waals surface area (Å²) < 4.78 is 0.867. The third-order valence-electron chi connectivity index (χ3n) is 6.20. The Morgan fingerprint density at radius 1 is 1.06 bits per heavy atom. The largest absolute Gasteiger partial charge is 0.399 e. The molecule has 0 spiro atoms. The number of halogens is 1. The van der Waals surface area contributed by atoms with Crippen LogP contribution in [0.1, 0.15) is 17.0 Å². The molecule has 2 atom stereocenters. The lowest BCUT2D eigenvalue weighted by Crippen LogP contribution is -2.47. The molecule has 4 rings (SSSR count). The van der Waals surface area contributed by atoms with Gasteiger partial charge in [0.2, 0.25) is 0 Å². The van der Waals surface area contributed by atoms with Crippen LogP contribution in [0.2, 0.25) is 0 Å². The van der Waals surface area contributed by atoms with E-state index in [1.165, 1.54) is 5.56 Å². The first-order valence-electron chi connectivity index (χ1n) is 9.99. The minimum absolute atomic E-state index is 0.0592. The molecule has 0 aromatic heterocycles. The molecule has 1 aliphatic carbocycles. The molecule has 2 unspecified atom stereocenters. The number of nitrogens with zero attached hydrogens (tertiary/aromatic N) is 4. The van der Waals surface area contributed by atoms with Crippen molar-refractivity contribution in [1.82, 2.24) is 4.90 Å². The van der Waals surface area contributed by atoms with E-state index in [9.17, 15) is 15.8 Å². The van der Waals surface area contributed by atoms with Crippen molar-refractivity contribution < 1.29 is 0 Å². The van der Waals surface area contributed by atoms with E-state index in [0.29, 0.717) is 13.1 Å². The van der Waals surface area contributed by atoms with Crippen LogP contribution < -0.4 is 5.73 Å². The van der Waals surface area contributed by atoms with Gasteiger partial charge in [-0.25, -0.2) is 0 Å². The molecule has 0 radical (unpaired) electrons. The summed E-state index contributed by atoms with van der Waals surface area (Å²) in [6.45, 7) is 2.05. The van der Waals surface area contributed by atoms with Gasteiger partial charge >= 0.3 is 0 Å². The van der Waals surface area contributed by atoms with Crippen molar-refractivity contribution in [2.75, 3.05) is 13.1 Å². The quantitative estimate of drug-likeness (QED) is 0.718. The minimum Gasteiger partial charge on any atom is -0.399 e. The first-order chi connectivity index (χ1) is 15.0. The lowest BCUT2D eigenvalue weighted by molar-refractivity contribution is 0.201. The van der Waals surface area contributed by atoms with Gasteiger partial charge in [0, 0.05) is 35.9 Å². The fraction of sp³-hybridized carbons (Fsp3) is 0.240. The summed E-state index contributed by atoms with van der Waals surface area (Å²) in [5.74, 6) is -0.685. The number of fused-ring (bicyclic) bond motifs is 1. The predicted octanol–water partition coefficient (Wildman–Crippen LogP) is 4.37. The van der Waals surface area contributed by atoms with Crippen molar-refractivity contribution in [2.45, 2.75) is 12.5 Å². The molecule has 2 aromatic carbocycles. The SMILES string of the molecule is N#CC1=C(N)C(C#N)(C#N)C(c2cccc(Br)c2)C2CN(Cc3ccccc3)CC=C12. The number of hydrogen-bond acceptors (Lipinski definition) is 5. The molecule has 1 aliphatic heterocycles. The highest BCUT2D eigenvalue weighted by atomic mass is 79.9. The number of allylic oxidation sites excluding steroid dienone is 2. The summed E-state index contributed by atoms with van der Waals surface area (Å²) >= 11 is 3.51.